The Morgan fingerprint density at radius 3 is 2.21 bits per heavy atom. The Labute approximate surface area is 170 Å². The molecule has 0 bridgehead atoms. The van der Waals surface area contributed by atoms with Crippen molar-refractivity contribution in [2.45, 2.75) is 65.5 Å². The highest BCUT2D eigenvalue weighted by Gasteiger charge is 2.45. The van der Waals surface area contributed by atoms with Crippen molar-refractivity contribution < 1.29 is 13.9 Å². The lowest BCUT2D eigenvalue weighted by Crippen LogP contribution is -2.49. The zero-order valence-electron chi connectivity index (χ0n) is 18.3. The molecule has 0 saturated carbocycles. The van der Waals surface area contributed by atoms with E-state index in [-0.39, 0.29) is 11.9 Å². The molecule has 164 valence electrons. The molecule has 0 aromatic carbocycles. The van der Waals surface area contributed by atoms with Gasteiger partial charge in [-0.25, -0.2) is 4.67 Å². The van der Waals surface area contributed by atoms with Gasteiger partial charge in [0.2, 0.25) is 5.91 Å². The lowest BCUT2D eigenvalue weighted by Gasteiger charge is -2.43. The summed E-state index contributed by atoms with van der Waals surface area (Å²) in [6.45, 7) is 13.5. The molecule has 1 saturated heterocycles. The molecule has 0 aromatic heterocycles. The number of nitrogens with two attached hydrogens (primary N) is 2. The van der Waals surface area contributed by atoms with Crippen LogP contribution in [-0.2, 0) is 13.9 Å². The standard InChI is InChI=1S/C19H40N5O3P/c1-16(2)15-27-28(26,19(3,4)5)24-13-11-23(12-14-24)17(25)9-7-6-8-10-22-18(20)21/h16H,6-15H2,1-5H3,(H4,20,21,22). The topological polar surface area (TPSA) is 114 Å². The molecule has 0 radical (unpaired) electrons. The molecule has 8 nitrogen and oxygen atoms in total. The molecular weight excluding hydrogens is 377 g/mol. The number of aliphatic imine (C=N–C) groups is 1. The Hall–Kier alpha value is -1.11. The van der Waals surface area contributed by atoms with Crippen LogP contribution >= 0.6 is 7.52 Å². The van der Waals surface area contributed by atoms with E-state index < -0.39 is 12.7 Å². The van der Waals surface area contributed by atoms with E-state index in [1.165, 1.54) is 0 Å². The maximum absolute atomic E-state index is 13.7. The number of carbonyl (C=O) groups excluding carboxylic acids is 1. The highest BCUT2D eigenvalue weighted by Crippen LogP contribution is 2.61. The van der Waals surface area contributed by atoms with Crippen LogP contribution in [0, 0.1) is 5.92 Å². The highest BCUT2D eigenvalue weighted by atomic mass is 31.2. The van der Waals surface area contributed by atoms with Gasteiger partial charge in [-0.1, -0.05) is 20.3 Å². The quantitative estimate of drug-likeness (QED) is 0.244. The number of piperazine rings is 1. The summed E-state index contributed by atoms with van der Waals surface area (Å²) in [5, 5.41) is -0.455. The van der Waals surface area contributed by atoms with Gasteiger partial charge in [0, 0.05) is 39.1 Å². The number of hydrogen-bond donors (Lipinski definition) is 2. The smallest absolute Gasteiger partial charge is 0.277 e. The molecule has 1 unspecified atom stereocenters. The first-order valence-electron chi connectivity index (χ1n) is 10.3. The zero-order chi connectivity index (χ0) is 21.4. The Balaban J connectivity index is 2.48. The van der Waals surface area contributed by atoms with E-state index in [0.717, 1.165) is 19.3 Å². The molecule has 1 atom stereocenters. The molecule has 1 aliphatic heterocycles. The van der Waals surface area contributed by atoms with Crippen molar-refractivity contribution in [1.82, 2.24) is 9.57 Å². The third kappa shape index (κ3) is 7.72. The molecule has 9 heteroatoms. The van der Waals surface area contributed by atoms with Crippen LogP contribution in [0.2, 0.25) is 0 Å². The van der Waals surface area contributed by atoms with E-state index >= 15 is 0 Å². The zero-order valence-corrected chi connectivity index (χ0v) is 19.2. The molecule has 0 aromatic rings. The third-order valence-electron chi connectivity index (χ3n) is 4.75. The van der Waals surface area contributed by atoms with Gasteiger partial charge in [0.05, 0.1) is 11.8 Å². The van der Waals surface area contributed by atoms with Gasteiger partial charge in [-0.2, -0.15) is 0 Å². The van der Waals surface area contributed by atoms with Crippen LogP contribution in [0.3, 0.4) is 0 Å². The number of hydrogen-bond acceptors (Lipinski definition) is 4. The minimum absolute atomic E-state index is 0.110. The van der Waals surface area contributed by atoms with Gasteiger partial charge in [-0.05, 0) is 39.5 Å². The van der Waals surface area contributed by atoms with Gasteiger partial charge in [0.15, 0.2) is 5.96 Å². The lowest BCUT2D eigenvalue weighted by molar-refractivity contribution is -0.132. The van der Waals surface area contributed by atoms with E-state index in [1.807, 2.05) is 30.3 Å². The lowest BCUT2D eigenvalue weighted by atomic mass is 10.1. The second kappa shape index (κ2) is 11.2. The number of carbonyl (C=O) groups is 1. The number of guanidine groups is 1. The third-order valence-corrected chi connectivity index (χ3v) is 8.09. The average molecular weight is 418 g/mol. The molecule has 1 aliphatic rings. The van der Waals surface area contributed by atoms with Gasteiger partial charge in [0.25, 0.3) is 7.52 Å². The molecule has 1 heterocycles. The van der Waals surface area contributed by atoms with Crippen LogP contribution in [0.15, 0.2) is 4.99 Å². The summed E-state index contributed by atoms with van der Waals surface area (Å²) in [7, 11) is -2.97. The predicted molar refractivity (Wildman–Crippen MR) is 115 cm³/mol. The van der Waals surface area contributed by atoms with E-state index in [4.69, 9.17) is 16.0 Å². The summed E-state index contributed by atoms with van der Waals surface area (Å²) < 4.78 is 21.6. The SMILES string of the molecule is CC(C)COP(=O)(N1CCN(C(=O)CCCCCN=C(N)N)CC1)C(C)(C)C. The maximum Gasteiger partial charge on any atom is 0.277 e. The van der Waals surface area contributed by atoms with Crippen molar-refractivity contribution in [3.63, 3.8) is 0 Å². The maximum atomic E-state index is 13.7. The van der Waals surface area contributed by atoms with Crippen LogP contribution in [0.4, 0.5) is 0 Å². The second-order valence-corrected chi connectivity index (χ2v) is 12.0. The molecule has 0 spiro atoms. The first-order chi connectivity index (χ1) is 13.0. The number of nitrogens with zero attached hydrogens (tertiary/aromatic N) is 3. The van der Waals surface area contributed by atoms with E-state index in [0.29, 0.717) is 51.7 Å². The van der Waals surface area contributed by atoms with Crippen molar-refractivity contribution in [3.8, 4) is 0 Å². The Kier molecular flexibility index (Phi) is 9.95. The van der Waals surface area contributed by atoms with Gasteiger partial charge in [-0.15, -0.1) is 0 Å². The van der Waals surface area contributed by atoms with Crippen molar-refractivity contribution in [2.75, 3.05) is 39.3 Å². The summed E-state index contributed by atoms with van der Waals surface area (Å²) in [5.74, 6) is 0.597. The molecular formula is C19H40N5O3P. The first-order valence-corrected chi connectivity index (χ1v) is 11.9. The monoisotopic (exact) mass is 417 g/mol. The van der Waals surface area contributed by atoms with Crippen LogP contribution in [0.5, 0.6) is 0 Å². The van der Waals surface area contributed by atoms with E-state index in [9.17, 15) is 9.36 Å². The number of unbranched alkanes of at least 4 members (excludes halogenated alkanes) is 2. The average Bonchev–Trinajstić information content (AvgIpc) is 2.61. The van der Waals surface area contributed by atoms with Gasteiger partial charge in [-0.3, -0.25) is 14.4 Å². The summed E-state index contributed by atoms with van der Waals surface area (Å²) >= 11 is 0. The molecule has 0 aliphatic carbocycles. The molecule has 1 rings (SSSR count). The van der Waals surface area contributed by atoms with Gasteiger partial charge in [0.1, 0.15) is 0 Å². The van der Waals surface area contributed by atoms with Crippen LogP contribution in [0.1, 0.15) is 60.3 Å². The minimum atomic E-state index is -2.97. The van der Waals surface area contributed by atoms with Crippen molar-refractivity contribution in [2.24, 2.45) is 22.4 Å². The Bertz CT molecular complexity index is 562. The second-order valence-electron chi connectivity index (χ2n) is 8.83. The largest absolute Gasteiger partial charge is 0.370 e. The number of amides is 1. The van der Waals surface area contributed by atoms with Crippen LogP contribution in [0.25, 0.3) is 0 Å². The van der Waals surface area contributed by atoms with Crippen molar-refractivity contribution in [3.05, 3.63) is 0 Å². The van der Waals surface area contributed by atoms with E-state index in [1.54, 1.807) is 0 Å². The molecule has 1 fully saturated rings. The molecule has 4 N–H and O–H groups in total. The molecule has 28 heavy (non-hydrogen) atoms. The van der Waals surface area contributed by atoms with Crippen LogP contribution in [-0.4, -0.2) is 65.9 Å². The fourth-order valence-electron chi connectivity index (χ4n) is 3.09. The summed E-state index contributed by atoms with van der Waals surface area (Å²) in [5.41, 5.74) is 10.6. The van der Waals surface area contributed by atoms with Gasteiger partial charge >= 0.3 is 0 Å². The Morgan fingerprint density at radius 2 is 1.71 bits per heavy atom. The normalized spacial score (nSPS) is 18.1. The highest BCUT2D eigenvalue weighted by molar-refractivity contribution is 7.58. The Morgan fingerprint density at radius 1 is 1.11 bits per heavy atom. The first kappa shape index (κ1) is 24.9. The number of rotatable bonds is 10. The summed E-state index contributed by atoms with van der Waals surface area (Å²) in [6.07, 6.45) is 3.16. The predicted octanol–water partition coefficient (Wildman–Crippen LogP) is 2.63. The van der Waals surface area contributed by atoms with Crippen molar-refractivity contribution >= 4 is 19.4 Å². The minimum Gasteiger partial charge on any atom is -0.370 e. The summed E-state index contributed by atoms with van der Waals surface area (Å²) in [4.78, 5) is 18.3. The van der Waals surface area contributed by atoms with E-state index in [2.05, 4.69) is 18.8 Å². The fourth-order valence-corrected chi connectivity index (χ4v) is 5.69. The molecule has 1 amide bonds. The van der Waals surface area contributed by atoms with Crippen LogP contribution < -0.4 is 11.5 Å². The van der Waals surface area contributed by atoms with Crippen molar-refractivity contribution in [1.29, 1.82) is 0 Å². The van der Waals surface area contributed by atoms with Gasteiger partial charge < -0.3 is 20.9 Å². The summed E-state index contributed by atoms with van der Waals surface area (Å²) in [6, 6.07) is 0. The fraction of sp³-hybridized carbons (Fsp3) is 0.895.